The van der Waals surface area contributed by atoms with E-state index in [9.17, 15) is 0 Å². The van der Waals surface area contributed by atoms with Crippen LogP contribution in [-0.4, -0.2) is 37.4 Å². The molecule has 0 N–H and O–H groups in total. The Bertz CT molecular complexity index is 205. The van der Waals surface area contributed by atoms with Crippen molar-refractivity contribution in [2.24, 2.45) is 17.0 Å². The molecule has 3 heteroatoms. The molecule has 1 unspecified atom stereocenters. The second kappa shape index (κ2) is 4.78. The Morgan fingerprint density at radius 3 is 3.07 bits per heavy atom. The van der Waals surface area contributed by atoms with E-state index in [1.807, 2.05) is 6.21 Å². The first-order chi connectivity index (χ1) is 6.90. The number of piperidine rings is 1. The summed E-state index contributed by atoms with van der Waals surface area (Å²) in [7, 11) is 0. The quantitative estimate of drug-likeness (QED) is 0.380. The third kappa shape index (κ3) is 2.27. The van der Waals surface area contributed by atoms with Gasteiger partial charge in [-0.15, -0.1) is 0 Å². The molecule has 14 heavy (non-hydrogen) atoms. The predicted molar refractivity (Wildman–Crippen MR) is 57.4 cm³/mol. The predicted octanol–water partition coefficient (Wildman–Crippen LogP) is 1.74. The van der Waals surface area contributed by atoms with E-state index in [1.165, 1.54) is 32.5 Å². The smallest absolute Gasteiger partial charge is 0.117 e. The van der Waals surface area contributed by atoms with E-state index in [4.69, 9.17) is 4.84 Å². The molecular weight excluding hydrogens is 176 g/mol. The summed E-state index contributed by atoms with van der Waals surface area (Å²) in [6.45, 7) is 6.72. The van der Waals surface area contributed by atoms with Crippen LogP contribution in [0.2, 0.25) is 0 Å². The number of hydrogen-bond acceptors (Lipinski definition) is 3. The Morgan fingerprint density at radius 1 is 1.50 bits per heavy atom. The lowest BCUT2D eigenvalue weighted by molar-refractivity contribution is 0.140. The molecule has 80 valence electrons. The van der Waals surface area contributed by atoms with Gasteiger partial charge in [0.1, 0.15) is 6.61 Å². The van der Waals surface area contributed by atoms with Crippen molar-refractivity contribution in [3.8, 4) is 0 Å². The van der Waals surface area contributed by atoms with E-state index in [1.54, 1.807) is 0 Å². The van der Waals surface area contributed by atoms with Gasteiger partial charge in [-0.2, -0.15) is 0 Å². The minimum Gasteiger partial charge on any atom is -0.396 e. The first kappa shape index (κ1) is 9.97. The number of oxime groups is 1. The highest BCUT2D eigenvalue weighted by Crippen LogP contribution is 2.31. The van der Waals surface area contributed by atoms with Crippen LogP contribution in [0.3, 0.4) is 0 Å². The fraction of sp³-hybridized carbons (Fsp3) is 0.909. The van der Waals surface area contributed by atoms with E-state index < -0.39 is 0 Å². The highest BCUT2D eigenvalue weighted by Gasteiger charge is 2.36. The Morgan fingerprint density at radius 2 is 2.43 bits per heavy atom. The van der Waals surface area contributed by atoms with Gasteiger partial charge in [-0.05, 0) is 25.3 Å². The third-order valence-corrected chi connectivity index (χ3v) is 3.30. The summed E-state index contributed by atoms with van der Waals surface area (Å²) in [6, 6.07) is 0. The molecule has 2 rings (SSSR count). The van der Waals surface area contributed by atoms with Crippen molar-refractivity contribution in [1.29, 1.82) is 0 Å². The molecule has 0 aromatic rings. The van der Waals surface area contributed by atoms with Crippen LogP contribution in [-0.2, 0) is 4.84 Å². The number of fused-ring (bicyclic) bond motifs is 2. The maximum Gasteiger partial charge on any atom is 0.117 e. The van der Waals surface area contributed by atoms with Crippen molar-refractivity contribution in [3.05, 3.63) is 0 Å². The molecule has 2 aliphatic rings. The van der Waals surface area contributed by atoms with Gasteiger partial charge in [0.2, 0.25) is 0 Å². The lowest BCUT2D eigenvalue weighted by atomic mass is 9.94. The van der Waals surface area contributed by atoms with E-state index in [0.717, 1.165) is 18.9 Å². The van der Waals surface area contributed by atoms with Crippen molar-refractivity contribution in [3.63, 3.8) is 0 Å². The van der Waals surface area contributed by atoms with Crippen molar-refractivity contribution in [2.45, 2.75) is 26.2 Å². The Labute approximate surface area is 86.1 Å². The molecule has 2 bridgehead atoms. The van der Waals surface area contributed by atoms with Gasteiger partial charge < -0.3 is 9.74 Å². The van der Waals surface area contributed by atoms with Crippen LogP contribution in [0.5, 0.6) is 0 Å². The Balaban J connectivity index is 1.65. The first-order valence-corrected chi connectivity index (χ1v) is 5.78. The second-order valence-corrected chi connectivity index (χ2v) is 4.41. The van der Waals surface area contributed by atoms with Crippen LogP contribution >= 0.6 is 0 Å². The first-order valence-electron chi connectivity index (χ1n) is 5.78. The Hall–Kier alpha value is -0.570. The van der Waals surface area contributed by atoms with Crippen molar-refractivity contribution in [1.82, 2.24) is 4.90 Å². The van der Waals surface area contributed by atoms with Gasteiger partial charge >= 0.3 is 0 Å². The fourth-order valence-corrected chi connectivity index (χ4v) is 2.38. The molecule has 0 saturated carbocycles. The van der Waals surface area contributed by atoms with Crippen molar-refractivity contribution >= 4 is 6.21 Å². The molecule has 0 aliphatic carbocycles. The molecule has 2 heterocycles. The molecule has 0 amide bonds. The minimum absolute atomic E-state index is 0.658. The second-order valence-electron chi connectivity index (χ2n) is 4.41. The fourth-order valence-electron chi connectivity index (χ4n) is 2.38. The number of hydrogen-bond donors (Lipinski definition) is 0. The summed E-state index contributed by atoms with van der Waals surface area (Å²) in [5.74, 6) is 1.51. The van der Waals surface area contributed by atoms with Gasteiger partial charge in [0.15, 0.2) is 0 Å². The average Bonchev–Trinajstić information content (AvgIpc) is 2.79. The van der Waals surface area contributed by atoms with Crippen LogP contribution in [0.1, 0.15) is 26.2 Å². The standard InChI is InChI=1S/C11H20N2O/c1-2-3-6-14-12-7-11-9-13-5-4-10(11)8-13/h7,10-11H,2-6,8-9H2,1H3/b12-7+/t10-,11-/m0/s1. The van der Waals surface area contributed by atoms with Crippen LogP contribution in [0.25, 0.3) is 0 Å². The number of unbranched alkanes of at least 4 members (excludes halogenated alkanes) is 1. The summed E-state index contributed by atoms with van der Waals surface area (Å²) in [5, 5.41) is 4.06. The Kier molecular flexibility index (Phi) is 3.40. The van der Waals surface area contributed by atoms with Crippen LogP contribution in [0, 0.1) is 11.8 Å². The largest absolute Gasteiger partial charge is 0.396 e. The normalized spacial score (nSPS) is 35.6. The van der Waals surface area contributed by atoms with Gasteiger partial charge in [0, 0.05) is 25.2 Å². The molecule has 0 aromatic heterocycles. The van der Waals surface area contributed by atoms with E-state index in [-0.39, 0.29) is 0 Å². The van der Waals surface area contributed by atoms with Crippen molar-refractivity contribution in [2.75, 3.05) is 26.2 Å². The van der Waals surface area contributed by atoms with E-state index >= 15 is 0 Å². The zero-order valence-corrected chi connectivity index (χ0v) is 8.98. The SMILES string of the molecule is CCCCO/N=C/[C@H]1CN2CC[C@H]1C2. The summed E-state index contributed by atoms with van der Waals surface area (Å²) in [4.78, 5) is 7.72. The molecule has 3 nitrogen and oxygen atoms in total. The zero-order valence-electron chi connectivity index (χ0n) is 8.98. The summed E-state index contributed by atoms with van der Waals surface area (Å²) in [5.41, 5.74) is 0. The molecule has 0 radical (unpaired) electrons. The maximum absolute atomic E-state index is 5.19. The third-order valence-electron chi connectivity index (χ3n) is 3.30. The van der Waals surface area contributed by atoms with Gasteiger partial charge in [-0.25, -0.2) is 0 Å². The highest BCUT2D eigenvalue weighted by molar-refractivity contribution is 5.61. The number of rotatable bonds is 5. The van der Waals surface area contributed by atoms with Crippen molar-refractivity contribution < 1.29 is 4.84 Å². The summed E-state index contributed by atoms with van der Waals surface area (Å²) < 4.78 is 0. The van der Waals surface area contributed by atoms with Crippen LogP contribution < -0.4 is 0 Å². The molecule has 2 fully saturated rings. The van der Waals surface area contributed by atoms with Crippen LogP contribution in [0.15, 0.2) is 5.16 Å². The maximum atomic E-state index is 5.19. The molecule has 2 saturated heterocycles. The molecule has 3 atom stereocenters. The zero-order chi connectivity index (χ0) is 9.80. The molecular formula is C11H20N2O. The molecule has 0 aromatic carbocycles. The van der Waals surface area contributed by atoms with Gasteiger partial charge in [0.05, 0.1) is 0 Å². The van der Waals surface area contributed by atoms with E-state index in [2.05, 4.69) is 17.0 Å². The minimum atomic E-state index is 0.658. The van der Waals surface area contributed by atoms with Gasteiger partial charge in [-0.3, -0.25) is 0 Å². The molecule has 2 aliphatic heterocycles. The van der Waals surface area contributed by atoms with E-state index in [0.29, 0.717) is 5.92 Å². The topological polar surface area (TPSA) is 24.8 Å². The summed E-state index contributed by atoms with van der Waals surface area (Å²) >= 11 is 0. The van der Waals surface area contributed by atoms with Gasteiger partial charge in [-0.1, -0.05) is 18.5 Å². The molecule has 0 spiro atoms. The van der Waals surface area contributed by atoms with Crippen LogP contribution in [0.4, 0.5) is 0 Å². The average molecular weight is 196 g/mol. The highest BCUT2D eigenvalue weighted by atomic mass is 16.6. The monoisotopic (exact) mass is 196 g/mol. The lowest BCUT2D eigenvalue weighted by Gasteiger charge is -2.17. The lowest BCUT2D eigenvalue weighted by Crippen LogP contribution is -2.24. The summed E-state index contributed by atoms with van der Waals surface area (Å²) in [6.07, 6.45) is 5.66. The number of nitrogens with zero attached hydrogens (tertiary/aromatic N) is 2. The van der Waals surface area contributed by atoms with Gasteiger partial charge in [0.25, 0.3) is 0 Å².